The van der Waals surface area contributed by atoms with Gasteiger partial charge in [-0.15, -0.1) is 0 Å². The van der Waals surface area contributed by atoms with Crippen molar-refractivity contribution < 1.29 is 14.8 Å². The summed E-state index contributed by atoms with van der Waals surface area (Å²) in [6.07, 6.45) is 0. The van der Waals surface area contributed by atoms with Crippen molar-refractivity contribution in [1.29, 1.82) is 0 Å². The van der Waals surface area contributed by atoms with E-state index in [0.717, 1.165) is 0 Å². The zero-order valence-corrected chi connectivity index (χ0v) is 11.2. The van der Waals surface area contributed by atoms with E-state index >= 15 is 0 Å². The second-order valence-corrected chi connectivity index (χ2v) is 4.31. The number of urea groups is 1. The topological polar surface area (TPSA) is 95.7 Å². The van der Waals surface area contributed by atoms with Crippen molar-refractivity contribution in [2.24, 2.45) is 0 Å². The standard InChI is InChI=1S/C14H13N3O4/c1-16(11-5-7-13(18)8-6-11)14(19)15-10-3-2-4-12(9-10)17(20)21/h2-9,18H,1H3,(H,15,19). The maximum absolute atomic E-state index is 12.1. The molecule has 0 aliphatic heterocycles. The molecule has 108 valence electrons. The van der Waals surface area contributed by atoms with Gasteiger partial charge in [0.05, 0.1) is 4.92 Å². The van der Waals surface area contributed by atoms with E-state index in [1.807, 2.05) is 0 Å². The van der Waals surface area contributed by atoms with Crippen LogP contribution in [0, 0.1) is 10.1 Å². The van der Waals surface area contributed by atoms with Crippen LogP contribution >= 0.6 is 0 Å². The molecule has 0 heterocycles. The van der Waals surface area contributed by atoms with Gasteiger partial charge in [-0.1, -0.05) is 6.07 Å². The highest BCUT2D eigenvalue weighted by atomic mass is 16.6. The molecule has 2 amide bonds. The Morgan fingerprint density at radius 1 is 1.24 bits per heavy atom. The number of hydrogen-bond donors (Lipinski definition) is 2. The molecule has 0 aromatic heterocycles. The number of phenols is 1. The number of aromatic hydroxyl groups is 1. The van der Waals surface area contributed by atoms with E-state index < -0.39 is 11.0 Å². The minimum atomic E-state index is -0.528. The van der Waals surface area contributed by atoms with Crippen LogP contribution in [0.5, 0.6) is 5.75 Å². The lowest BCUT2D eigenvalue weighted by atomic mass is 10.2. The fourth-order valence-electron chi connectivity index (χ4n) is 1.70. The number of hydrogen-bond acceptors (Lipinski definition) is 4. The molecular weight excluding hydrogens is 274 g/mol. The number of nitrogens with zero attached hydrogens (tertiary/aromatic N) is 2. The van der Waals surface area contributed by atoms with Crippen molar-refractivity contribution in [2.75, 3.05) is 17.3 Å². The van der Waals surface area contributed by atoms with E-state index in [-0.39, 0.29) is 11.4 Å². The van der Waals surface area contributed by atoms with Gasteiger partial charge in [-0.3, -0.25) is 15.0 Å². The number of benzene rings is 2. The van der Waals surface area contributed by atoms with Crippen LogP contribution in [0.4, 0.5) is 21.9 Å². The van der Waals surface area contributed by atoms with Crippen molar-refractivity contribution in [3.05, 3.63) is 58.6 Å². The molecule has 2 aromatic carbocycles. The van der Waals surface area contributed by atoms with Gasteiger partial charge in [-0.05, 0) is 30.3 Å². The number of nitrogens with one attached hydrogen (secondary N) is 1. The third-order valence-corrected chi connectivity index (χ3v) is 2.85. The average molecular weight is 287 g/mol. The summed E-state index contributed by atoms with van der Waals surface area (Å²) in [4.78, 5) is 23.5. The predicted octanol–water partition coefficient (Wildman–Crippen LogP) is 2.97. The molecule has 2 rings (SSSR count). The third kappa shape index (κ3) is 3.47. The maximum Gasteiger partial charge on any atom is 0.326 e. The summed E-state index contributed by atoms with van der Waals surface area (Å²) in [5.41, 5.74) is 0.815. The Morgan fingerprint density at radius 2 is 1.90 bits per heavy atom. The fraction of sp³-hybridized carbons (Fsp3) is 0.0714. The maximum atomic E-state index is 12.1. The number of phenolic OH excluding ortho intramolecular Hbond substituents is 1. The number of carbonyl (C=O) groups excluding carboxylic acids is 1. The highest BCUT2D eigenvalue weighted by Gasteiger charge is 2.13. The number of nitro benzene ring substituents is 1. The quantitative estimate of drug-likeness (QED) is 0.670. The van der Waals surface area contributed by atoms with Crippen LogP contribution in [-0.4, -0.2) is 23.1 Å². The minimum absolute atomic E-state index is 0.0971. The summed E-state index contributed by atoms with van der Waals surface area (Å²) in [6, 6.07) is 11.3. The first-order valence-electron chi connectivity index (χ1n) is 6.05. The SMILES string of the molecule is CN(C(=O)Nc1cccc([N+](=O)[O-])c1)c1ccc(O)cc1. The Hall–Kier alpha value is -3.09. The van der Waals surface area contributed by atoms with E-state index in [1.54, 1.807) is 25.2 Å². The normalized spacial score (nSPS) is 9.95. The molecule has 0 atom stereocenters. The molecule has 0 spiro atoms. The molecule has 7 nitrogen and oxygen atoms in total. The second kappa shape index (κ2) is 5.91. The van der Waals surface area contributed by atoms with Crippen molar-refractivity contribution in [3.63, 3.8) is 0 Å². The van der Waals surface area contributed by atoms with Gasteiger partial charge in [0.1, 0.15) is 5.75 Å². The van der Waals surface area contributed by atoms with Gasteiger partial charge in [0.15, 0.2) is 0 Å². The van der Waals surface area contributed by atoms with Crippen LogP contribution in [0.2, 0.25) is 0 Å². The summed E-state index contributed by atoms with van der Waals surface area (Å²) < 4.78 is 0. The van der Waals surface area contributed by atoms with Crippen molar-refractivity contribution in [1.82, 2.24) is 0 Å². The van der Waals surface area contributed by atoms with Gasteiger partial charge in [0.25, 0.3) is 5.69 Å². The molecule has 0 aliphatic carbocycles. The van der Waals surface area contributed by atoms with E-state index in [0.29, 0.717) is 11.4 Å². The summed E-state index contributed by atoms with van der Waals surface area (Å²) >= 11 is 0. The molecule has 7 heteroatoms. The number of anilines is 2. The number of nitro groups is 1. The Balaban J connectivity index is 2.12. The van der Waals surface area contributed by atoms with Crippen molar-refractivity contribution >= 4 is 23.1 Å². The minimum Gasteiger partial charge on any atom is -0.508 e. The molecule has 0 bridgehead atoms. The van der Waals surface area contributed by atoms with Gasteiger partial charge >= 0.3 is 6.03 Å². The number of carbonyl (C=O) groups is 1. The lowest BCUT2D eigenvalue weighted by molar-refractivity contribution is -0.384. The molecule has 0 fully saturated rings. The first-order chi connectivity index (χ1) is 9.97. The van der Waals surface area contributed by atoms with E-state index in [9.17, 15) is 20.0 Å². The Morgan fingerprint density at radius 3 is 2.52 bits per heavy atom. The van der Waals surface area contributed by atoms with Crippen LogP contribution in [0.25, 0.3) is 0 Å². The average Bonchev–Trinajstić information content (AvgIpc) is 2.47. The second-order valence-electron chi connectivity index (χ2n) is 4.31. The van der Waals surface area contributed by atoms with Crippen LogP contribution in [0.3, 0.4) is 0 Å². The molecule has 0 saturated carbocycles. The number of amides is 2. The van der Waals surface area contributed by atoms with Crippen LogP contribution < -0.4 is 10.2 Å². The lowest BCUT2D eigenvalue weighted by Gasteiger charge is -2.18. The van der Waals surface area contributed by atoms with Crippen LogP contribution in [0.1, 0.15) is 0 Å². The highest BCUT2D eigenvalue weighted by molar-refractivity contribution is 6.01. The Labute approximate surface area is 120 Å². The zero-order chi connectivity index (χ0) is 15.4. The largest absolute Gasteiger partial charge is 0.508 e. The Bertz CT molecular complexity index is 670. The van der Waals surface area contributed by atoms with Gasteiger partial charge in [0, 0.05) is 30.6 Å². The van der Waals surface area contributed by atoms with Gasteiger partial charge in [0.2, 0.25) is 0 Å². The van der Waals surface area contributed by atoms with Gasteiger partial charge in [-0.25, -0.2) is 4.79 Å². The molecule has 0 aliphatic rings. The number of non-ortho nitro benzene ring substituents is 1. The van der Waals surface area contributed by atoms with Crippen LogP contribution in [-0.2, 0) is 0 Å². The molecule has 2 aromatic rings. The van der Waals surface area contributed by atoms with Crippen molar-refractivity contribution in [2.45, 2.75) is 0 Å². The first-order valence-corrected chi connectivity index (χ1v) is 6.05. The number of rotatable bonds is 3. The molecule has 2 N–H and O–H groups in total. The lowest BCUT2D eigenvalue weighted by Crippen LogP contribution is -2.31. The molecule has 0 unspecified atom stereocenters. The summed E-state index contributed by atoms with van der Waals surface area (Å²) in [5, 5.41) is 22.5. The van der Waals surface area contributed by atoms with E-state index in [4.69, 9.17) is 0 Å². The zero-order valence-electron chi connectivity index (χ0n) is 11.2. The molecule has 0 saturated heterocycles. The smallest absolute Gasteiger partial charge is 0.326 e. The van der Waals surface area contributed by atoms with E-state index in [1.165, 1.54) is 35.2 Å². The summed E-state index contributed by atoms with van der Waals surface area (Å²) in [7, 11) is 1.55. The Kier molecular flexibility index (Phi) is 4.03. The summed E-state index contributed by atoms with van der Waals surface area (Å²) in [6.45, 7) is 0. The predicted molar refractivity (Wildman–Crippen MR) is 78.6 cm³/mol. The first kappa shape index (κ1) is 14.3. The van der Waals surface area contributed by atoms with Gasteiger partial charge < -0.3 is 10.4 Å². The van der Waals surface area contributed by atoms with Gasteiger partial charge in [-0.2, -0.15) is 0 Å². The molecule has 0 radical (unpaired) electrons. The van der Waals surface area contributed by atoms with Crippen molar-refractivity contribution in [3.8, 4) is 5.75 Å². The monoisotopic (exact) mass is 287 g/mol. The fourth-order valence-corrected chi connectivity index (χ4v) is 1.70. The van der Waals surface area contributed by atoms with Crippen LogP contribution in [0.15, 0.2) is 48.5 Å². The molecular formula is C14H13N3O4. The van der Waals surface area contributed by atoms with E-state index in [2.05, 4.69) is 5.32 Å². The summed E-state index contributed by atoms with van der Waals surface area (Å²) in [5.74, 6) is 0.103. The third-order valence-electron chi connectivity index (χ3n) is 2.85. The molecule has 21 heavy (non-hydrogen) atoms. The highest BCUT2D eigenvalue weighted by Crippen LogP contribution is 2.20.